The summed E-state index contributed by atoms with van der Waals surface area (Å²) in [6.45, 7) is 3.31. The normalized spacial score (nSPS) is 18.5. The molecule has 0 radical (unpaired) electrons. The molecular formula is C23H32ClN7O2. The smallest absolute Gasteiger partial charge is 0.272 e. The lowest BCUT2D eigenvalue weighted by Crippen LogP contribution is -2.44. The van der Waals surface area contributed by atoms with Gasteiger partial charge in [0.05, 0.1) is 13.1 Å². The average Bonchev–Trinajstić information content (AvgIpc) is 3.47. The van der Waals surface area contributed by atoms with Gasteiger partial charge in [-0.15, -0.1) is 0 Å². The van der Waals surface area contributed by atoms with Gasteiger partial charge in [-0.1, -0.05) is 29.8 Å². The van der Waals surface area contributed by atoms with Crippen molar-refractivity contribution in [2.45, 2.75) is 38.3 Å². The van der Waals surface area contributed by atoms with Crippen LogP contribution >= 0.6 is 11.6 Å². The Morgan fingerprint density at radius 3 is 2.64 bits per heavy atom. The molecule has 2 aliphatic heterocycles. The minimum atomic E-state index is -0.348. The second kappa shape index (κ2) is 10.4. The third-order valence-electron chi connectivity index (χ3n) is 6.29. The van der Waals surface area contributed by atoms with Crippen LogP contribution in [0.5, 0.6) is 0 Å². The molecule has 0 bridgehead atoms. The van der Waals surface area contributed by atoms with Crippen LogP contribution < -0.4 is 21.3 Å². The van der Waals surface area contributed by atoms with Crippen LogP contribution in [-0.4, -0.2) is 72.1 Å². The topological polar surface area (TPSA) is 109 Å². The van der Waals surface area contributed by atoms with E-state index in [2.05, 4.69) is 15.5 Å². The van der Waals surface area contributed by atoms with Gasteiger partial charge in [-0.25, -0.2) is 0 Å². The van der Waals surface area contributed by atoms with Gasteiger partial charge < -0.3 is 26.2 Å². The van der Waals surface area contributed by atoms with Crippen molar-refractivity contribution in [3.63, 3.8) is 0 Å². The van der Waals surface area contributed by atoms with Crippen LogP contribution in [0.3, 0.4) is 0 Å². The number of likely N-dealkylation sites (tertiary alicyclic amines) is 1. The predicted octanol–water partition coefficient (Wildman–Crippen LogP) is 1.91. The van der Waals surface area contributed by atoms with Crippen molar-refractivity contribution >= 4 is 35.2 Å². The average molecular weight is 474 g/mol. The molecule has 1 aromatic carbocycles. The number of piperidine rings is 1. The molecule has 2 saturated heterocycles. The van der Waals surface area contributed by atoms with Gasteiger partial charge in [-0.3, -0.25) is 14.2 Å². The molecule has 2 aromatic rings. The van der Waals surface area contributed by atoms with Crippen molar-refractivity contribution in [3.8, 4) is 0 Å². The highest BCUT2D eigenvalue weighted by molar-refractivity contribution is 6.31. The minimum absolute atomic E-state index is 0.0385. The molecule has 10 heteroatoms. The number of rotatable bonds is 7. The first-order valence-corrected chi connectivity index (χ1v) is 11.9. The van der Waals surface area contributed by atoms with Crippen molar-refractivity contribution < 1.29 is 9.59 Å². The van der Waals surface area contributed by atoms with E-state index in [-0.39, 0.29) is 24.4 Å². The second-order valence-corrected chi connectivity index (χ2v) is 9.06. The molecule has 178 valence electrons. The standard InChI is InChI=1S/C23H32ClN7O2/c1-26-21-20(22(33)27-13-19(32)29-10-4-5-11-29)31(14-16-7-2-3-9-18(16)24)23(28-21)30-12-6-8-17(25)15-30/h2-3,7,9,17,26H,4-6,8,10-15,25H2,1H3,(H,27,33)/t17-/m1/s1. The van der Waals surface area contributed by atoms with E-state index >= 15 is 0 Å². The van der Waals surface area contributed by atoms with Crippen LogP contribution in [0.4, 0.5) is 11.8 Å². The molecule has 4 N–H and O–H groups in total. The van der Waals surface area contributed by atoms with Gasteiger partial charge in [-0.05, 0) is 37.3 Å². The van der Waals surface area contributed by atoms with Gasteiger partial charge in [0.15, 0.2) is 11.5 Å². The predicted molar refractivity (Wildman–Crippen MR) is 130 cm³/mol. The highest BCUT2D eigenvalue weighted by atomic mass is 35.5. The van der Waals surface area contributed by atoms with E-state index in [0.717, 1.165) is 50.9 Å². The molecule has 1 atom stereocenters. The van der Waals surface area contributed by atoms with Crippen LogP contribution in [0.15, 0.2) is 24.3 Å². The van der Waals surface area contributed by atoms with Gasteiger partial charge >= 0.3 is 0 Å². The number of amides is 2. The van der Waals surface area contributed by atoms with Gasteiger partial charge in [0.25, 0.3) is 5.91 Å². The van der Waals surface area contributed by atoms with Gasteiger partial charge in [0.2, 0.25) is 11.9 Å². The summed E-state index contributed by atoms with van der Waals surface area (Å²) in [6.07, 6.45) is 3.94. The first-order chi connectivity index (χ1) is 16.0. The number of halogens is 1. The van der Waals surface area contributed by atoms with Crippen molar-refractivity contribution in [1.29, 1.82) is 0 Å². The molecule has 33 heavy (non-hydrogen) atoms. The first kappa shape index (κ1) is 23.4. The highest BCUT2D eigenvalue weighted by Crippen LogP contribution is 2.28. The lowest BCUT2D eigenvalue weighted by molar-refractivity contribution is -0.129. The Balaban J connectivity index is 1.65. The van der Waals surface area contributed by atoms with Gasteiger partial charge in [0, 0.05) is 44.3 Å². The first-order valence-electron chi connectivity index (χ1n) is 11.6. The number of carbonyl (C=O) groups is 2. The molecule has 9 nitrogen and oxygen atoms in total. The van der Waals surface area contributed by atoms with E-state index in [9.17, 15) is 9.59 Å². The zero-order valence-electron chi connectivity index (χ0n) is 19.0. The molecular weight excluding hydrogens is 442 g/mol. The largest absolute Gasteiger partial charge is 0.371 e. The summed E-state index contributed by atoms with van der Waals surface area (Å²) in [5.41, 5.74) is 7.48. The van der Waals surface area contributed by atoms with Crippen LogP contribution in [-0.2, 0) is 11.3 Å². The second-order valence-electron chi connectivity index (χ2n) is 8.66. The molecule has 0 aliphatic carbocycles. The fraction of sp³-hybridized carbons (Fsp3) is 0.522. The number of imidazole rings is 1. The molecule has 3 heterocycles. The maximum atomic E-state index is 13.3. The van der Waals surface area contributed by atoms with Crippen molar-refractivity contribution in [2.24, 2.45) is 5.73 Å². The number of benzene rings is 1. The summed E-state index contributed by atoms with van der Waals surface area (Å²) in [4.78, 5) is 34.5. The molecule has 0 spiro atoms. The van der Waals surface area contributed by atoms with E-state index in [4.69, 9.17) is 22.3 Å². The molecule has 4 rings (SSSR count). The number of hydrogen-bond acceptors (Lipinski definition) is 6. The number of nitrogens with one attached hydrogen (secondary N) is 2. The third-order valence-corrected chi connectivity index (χ3v) is 6.65. The van der Waals surface area contributed by atoms with Crippen molar-refractivity contribution in [3.05, 3.63) is 40.5 Å². The lowest BCUT2D eigenvalue weighted by atomic mass is 10.1. The Morgan fingerprint density at radius 2 is 1.94 bits per heavy atom. The summed E-state index contributed by atoms with van der Waals surface area (Å²) in [5.74, 6) is 0.720. The maximum Gasteiger partial charge on any atom is 0.272 e. The monoisotopic (exact) mass is 473 g/mol. The quantitative estimate of drug-likeness (QED) is 0.566. The number of nitrogens with zero attached hydrogens (tertiary/aromatic N) is 4. The van der Waals surface area contributed by atoms with E-state index in [1.807, 2.05) is 28.8 Å². The van der Waals surface area contributed by atoms with Crippen LogP contribution in [0, 0.1) is 0 Å². The van der Waals surface area contributed by atoms with E-state index < -0.39 is 0 Å². The van der Waals surface area contributed by atoms with Crippen LogP contribution in [0.2, 0.25) is 5.02 Å². The highest BCUT2D eigenvalue weighted by Gasteiger charge is 2.29. The lowest BCUT2D eigenvalue weighted by Gasteiger charge is -2.32. The Hall–Kier alpha value is -2.78. The Morgan fingerprint density at radius 1 is 1.18 bits per heavy atom. The van der Waals surface area contributed by atoms with Gasteiger partial charge in [0.1, 0.15) is 0 Å². The zero-order valence-corrected chi connectivity index (χ0v) is 19.8. The summed E-state index contributed by atoms with van der Waals surface area (Å²) in [6, 6.07) is 7.62. The Labute approximate surface area is 199 Å². The number of aromatic nitrogens is 2. The fourth-order valence-electron chi connectivity index (χ4n) is 4.54. The summed E-state index contributed by atoms with van der Waals surface area (Å²) < 4.78 is 1.88. The molecule has 2 aliphatic rings. The van der Waals surface area contributed by atoms with Crippen molar-refractivity contribution in [2.75, 3.05) is 50.0 Å². The third kappa shape index (κ3) is 5.25. The fourth-order valence-corrected chi connectivity index (χ4v) is 4.74. The van der Waals surface area contributed by atoms with Crippen molar-refractivity contribution in [1.82, 2.24) is 19.8 Å². The summed E-state index contributed by atoms with van der Waals surface area (Å²) >= 11 is 6.45. The molecule has 1 aromatic heterocycles. The molecule has 2 amide bonds. The van der Waals surface area contributed by atoms with Crippen LogP contribution in [0.25, 0.3) is 0 Å². The molecule has 0 saturated carbocycles. The minimum Gasteiger partial charge on any atom is -0.371 e. The molecule has 2 fully saturated rings. The van der Waals surface area contributed by atoms with E-state index in [0.29, 0.717) is 35.6 Å². The number of hydrogen-bond donors (Lipinski definition) is 3. The maximum absolute atomic E-state index is 13.3. The van der Waals surface area contributed by atoms with E-state index in [1.54, 1.807) is 11.9 Å². The summed E-state index contributed by atoms with van der Waals surface area (Å²) in [7, 11) is 1.74. The SMILES string of the molecule is CNc1nc(N2CCC[C@@H](N)C2)n(Cc2ccccc2Cl)c1C(=O)NCC(=O)N1CCCC1. The zero-order chi connectivity index (χ0) is 23.4. The molecule has 0 unspecified atom stereocenters. The Bertz CT molecular complexity index is 1000. The van der Waals surface area contributed by atoms with Crippen LogP contribution in [0.1, 0.15) is 41.7 Å². The number of anilines is 2. The number of carbonyl (C=O) groups excluding carboxylic acids is 2. The van der Waals surface area contributed by atoms with E-state index in [1.165, 1.54) is 0 Å². The Kier molecular flexibility index (Phi) is 7.39. The summed E-state index contributed by atoms with van der Waals surface area (Å²) in [5, 5.41) is 6.48. The number of nitrogens with two attached hydrogens (primary N) is 1. The van der Waals surface area contributed by atoms with Gasteiger partial charge in [-0.2, -0.15) is 4.98 Å².